The maximum atomic E-state index is 11.8. The topological polar surface area (TPSA) is 69.9 Å². The van der Waals surface area contributed by atoms with E-state index in [1.54, 1.807) is 6.21 Å². The number of nitrogens with zero attached hydrogens (tertiary/aromatic N) is 1. The maximum Gasteiger partial charge on any atom is 0.187 e. The molecule has 2 rings (SSSR count). The average molecular weight is 255 g/mol. The third-order valence-electron chi connectivity index (χ3n) is 2.56. The Labute approximate surface area is 110 Å². The molecular formula is C15H13NO3. The summed E-state index contributed by atoms with van der Waals surface area (Å²) < 4.78 is 0. The van der Waals surface area contributed by atoms with Crippen LogP contribution in [0.5, 0.6) is 11.5 Å². The largest absolute Gasteiger partial charge is 0.508 e. The Morgan fingerprint density at radius 3 is 2.53 bits per heavy atom. The van der Waals surface area contributed by atoms with Crippen molar-refractivity contribution in [2.24, 2.45) is 4.99 Å². The molecule has 0 aromatic heterocycles. The molecule has 0 radical (unpaired) electrons. The van der Waals surface area contributed by atoms with Gasteiger partial charge in [-0.1, -0.05) is 30.3 Å². The second-order valence-electron chi connectivity index (χ2n) is 4.01. The molecule has 4 heteroatoms. The second kappa shape index (κ2) is 5.82. The highest BCUT2D eigenvalue weighted by molar-refractivity contribution is 6.01. The Morgan fingerprint density at radius 1 is 1.11 bits per heavy atom. The number of rotatable bonds is 4. The molecule has 0 fully saturated rings. The van der Waals surface area contributed by atoms with Crippen molar-refractivity contribution in [1.82, 2.24) is 0 Å². The molecule has 96 valence electrons. The maximum absolute atomic E-state index is 11.8. The van der Waals surface area contributed by atoms with E-state index >= 15 is 0 Å². The first-order chi connectivity index (χ1) is 9.16. The zero-order valence-corrected chi connectivity index (χ0v) is 10.2. The minimum Gasteiger partial charge on any atom is -0.508 e. The van der Waals surface area contributed by atoms with E-state index < -0.39 is 0 Å². The van der Waals surface area contributed by atoms with Crippen LogP contribution in [-0.2, 0) is 0 Å². The molecular weight excluding hydrogens is 242 g/mol. The average Bonchev–Trinajstić information content (AvgIpc) is 2.39. The predicted molar refractivity (Wildman–Crippen MR) is 73.0 cm³/mol. The SMILES string of the molecule is O=C(CN=Cc1ccccc1)c1ccc(O)cc1O. The number of carbonyl (C=O) groups is 1. The summed E-state index contributed by atoms with van der Waals surface area (Å²) in [5.41, 5.74) is 1.06. The summed E-state index contributed by atoms with van der Waals surface area (Å²) >= 11 is 0. The molecule has 0 bridgehead atoms. The van der Waals surface area contributed by atoms with E-state index in [1.165, 1.54) is 12.1 Å². The van der Waals surface area contributed by atoms with Crippen LogP contribution in [0.3, 0.4) is 0 Å². The molecule has 0 saturated carbocycles. The lowest BCUT2D eigenvalue weighted by atomic mass is 10.1. The lowest BCUT2D eigenvalue weighted by Gasteiger charge is -2.02. The van der Waals surface area contributed by atoms with Gasteiger partial charge in [-0.3, -0.25) is 9.79 Å². The molecule has 0 saturated heterocycles. The van der Waals surface area contributed by atoms with Crippen molar-refractivity contribution in [2.75, 3.05) is 6.54 Å². The Morgan fingerprint density at radius 2 is 1.84 bits per heavy atom. The van der Waals surface area contributed by atoms with E-state index in [0.29, 0.717) is 0 Å². The van der Waals surface area contributed by atoms with Gasteiger partial charge in [0.2, 0.25) is 0 Å². The number of phenols is 2. The molecule has 0 unspecified atom stereocenters. The summed E-state index contributed by atoms with van der Waals surface area (Å²) in [6.45, 7) is -0.0484. The number of carbonyl (C=O) groups excluding carboxylic acids is 1. The highest BCUT2D eigenvalue weighted by Gasteiger charge is 2.10. The summed E-state index contributed by atoms with van der Waals surface area (Å²) in [6.07, 6.45) is 1.61. The fraction of sp³-hybridized carbons (Fsp3) is 0.0667. The summed E-state index contributed by atoms with van der Waals surface area (Å²) in [5.74, 6) is -0.619. The van der Waals surface area contributed by atoms with Crippen LogP contribution in [0.2, 0.25) is 0 Å². The van der Waals surface area contributed by atoms with Gasteiger partial charge in [0, 0.05) is 12.3 Å². The number of aromatic hydroxyl groups is 2. The van der Waals surface area contributed by atoms with Crippen LogP contribution in [0.25, 0.3) is 0 Å². The van der Waals surface area contributed by atoms with Crippen LogP contribution in [-0.4, -0.2) is 28.8 Å². The molecule has 4 nitrogen and oxygen atoms in total. The Bertz CT molecular complexity index is 606. The van der Waals surface area contributed by atoms with Crippen LogP contribution >= 0.6 is 0 Å². The minimum absolute atomic E-state index is 0.0484. The number of aliphatic imine (C=N–C) groups is 1. The smallest absolute Gasteiger partial charge is 0.187 e. The van der Waals surface area contributed by atoms with Gasteiger partial charge < -0.3 is 10.2 Å². The summed E-state index contributed by atoms with van der Waals surface area (Å²) in [5, 5.41) is 18.7. The van der Waals surface area contributed by atoms with Gasteiger partial charge in [0.1, 0.15) is 18.0 Å². The molecule has 0 spiro atoms. The first-order valence-corrected chi connectivity index (χ1v) is 5.77. The third-order valence-corrected chi connectivity index (χ3v) is 2.56. The van der Waals surface area contributed by atoms with Crippen molar-refractivity contribution < 1.29 is 15.0 Å². The van der Waals surface area contributed by atoms with Gasteiger partial charge >= 0.3 is 0 Å². The number of phenolic OH excluding ortho intramolecular Hbond substituents is 2. The molecule has 19 heavy (non-hydrogen) atoms. The van der Waals surface area contributed by atoms with E-state index in [1.807, 2.05) is 30.3 Å². The van der Waals surface area contributed by atoms with Crippen LogP contribution in [0.4, 0.5) is 0 Å². The van der Waals surface area contributed by atoms with Crippen molar-refractivity contribution in [1.29, 1.82) is 0 Å². The molecule has 2 aromatic rings. The minimum atomic E-state index is -0.301. The highest BCUT2D eigenvalue weighted by atomic mass is 16.3. The van der Waals surface area contributed by atoms with Crippen molar-refractivity contribution in [2.45, 2.75) is 0 Å². The van der Waals surface area contributed by atoms with Gasteiger partial charge in [-0.15, -0.1) is 0 Å². The lowest BCUT2D eigenvalue weighted by Crippen LogP contribution is -2.03. The zero-order valence-electron chi connectivity index (χ0n) is 10.2. The van der Waals surface area contributed by atoms with E-state index in [2.05, 4.69) is 4.99 Å². The van der Waals surface area contributed by atoms with Gasteiger partial charge in [-0.25, -0.2) is 0 Å². The van der Waals surface area contributed by atoms with Crippen LogP contribution in [0, 0.1) is 0 Å². The molecule has 0 atom stereocenters. The lowest BCUT2D eigenvalue weighted by molar-refractivity contribution is 0.0999. The van der Waals surface area contributed by atoms with Crippen LogP contribution in [0.15, 0.2) is 53.5 Å². The van der Waals surface area contributed by atoms with Crippen molar-refractivity contribution in [3.8, 4) is 11.5 Å². The standard InChI is InChI=1S/C15H13NO3/c17-12-6-7-13(14(18)8-12)15(19)10-16-9-11-4-2-1-3-5-11/h1-9,17-18H,10H2. The van der Waals surface area contributed by atoms with Crippen molar-refractivity contribution in [3.05, 3.63) is 59.7 Å². The predicted octanol–water partition coefficient (Wildman–Crippen LogP) is 2.40. The fourth-order valence-electron chi connectivity index (χ4n) is 1.61. The monoisotopic (exact) mass is 255 g/mol. The normalized spacial score (nSPS) is 10.7. The molecule has 0 aliphatic rings. The summed E-state index contributed by atoms with van der Waals surface area (Å²) in [4.78, 5) is 15.8. The summed E-state index contributed by atoms with van der Waals surface area (Å²) in [6, 6.07) is 13.3. The van der Waals surface area contributed by atoms with E-state index in [-0.39, 0.29) is 29.4 Å². The van der Waals surface area contributed by atoms with Crippen LogP contribution in [0.1, 0.15) is 15.9 Å². The van der Waals surface area contributed by atoms with E-state index in [9.17, 15) is 9.90 Å². The first kappa shape index (κ1) is 12.8. The summed E-state index contributed by atoms with van der Waals surface area (Å²) in [7, 11) is 0. The first-order valence-electron chi connectivity index (χ1n) is 5.77. The highest BCUT2D eigenvalue weighted by Crippen LogP contribution is 2.22. The fourth-order valence-corrected chi connectivity index (χ4v) is 1.61. The zero-order chi connectivity index (χ0) is 13.7. The molecule has 0 aliphatic heterocycles. The molecule has 2 aromatic carbocycles. The number of ketones is 1. The van der Waals surface area contributed by atoms with E-state index in [0.717, 1.165) is 11.6 Å². The number of Topliss-reactive ketones (excluding diaryl/α,β-unsaturated/α-hetero) is 1. The number of benzene rings is 2. The molecule has 0 amide bonds. The van der Waals surface area contributed by atoms with Crippen molar-refractivity contribution in [3.63, 3.8) is 0 Å². The van der Waals surface area contributed by atoms with Gasteiger partial charge in [0.05, 0.1) is 5.56 Å². The molecule has 2 N–H and O–H groups in total. The van der Waals surface area contributed by atoms with Crippen LogP contribution < -0.4 is 0 Å². The molecule has 0 heterocycles. The van der Waals surface area contributed by atoms with Gasteiger partial charge in [0.25, 0.3) is 0 Å². The quantitative estimate of drug-likeness (QED) is 0.651. The Hall–Kier alpha value is -2.62. The van der Waals surface area contributed by atoms with Gasteiger partial charge in [-0.2, -0.15) is 0 Å². The Balaban J connectivity index is 2.04. The number of hydrogen-bond donors (Lipinski definition) is 2. The van der Waals surface area contributed by atoms with Gasteiger partial charge in [0.15, 0.2) is 5.78 Å². The third kappa shape index (κ3) is 3.42. The van der Waals surface area contributed by atoms with E-state index in [4.69, 9.17) is 5.11 Å². The van der Waals surface area contributed by atoms with Gasteiger partial charge in [-0.05, 0) is 17.7 Å². The second-order valence-corrected chi connectivity index (χ2v) is 4.01. The Kier molecular flexibility index (Phi) is 3.93. The molecule has 0 aliphatic carbocycles. The van der Waals surface area contributed by atoms with Crippen molar-refractivity contribution >= 4 is 12.0 Å². The number of hydrogen-bond acceptors (Lipinski definition) is 4.